The molecule has 0 aliphatic carbocycles. The Morgan fingerprint density at radius 2 is 1.73 bits per heavy atom. The summed E-state index contributed by atoms with van der Waals surface area (Å²) in [5.41, 5.74) is 11.7. The van der Waals surface area contributed by atoms with Crippen LogP contribution in [0.2, 0.25) is 0 Å². The van der Waals surface area contributed by atoms with Crippen molar-refractivity contribution in [2.75, 3.05) is 0 Å². The minimum atomic E-state index is -0.500. The number of aryl methyl sites for hydroxylation is 2. The Morgan fingerprint density at radius 3 is 2.42 bits per heavy atom. The van der Waals surface area contributed by atoms with Crippen molar-refractivity contribution in [3.05, 3.63) is 107 Å². The van der Waals surface area contributed by atoms with Gasteiger partial charge in [-0.2, -0.15) is 5.10 Å². The third kappa shape index (κ3) is 4.85. The molecule has 4 aromatic rings. The highest BCUT2D eigenvalue weighted by atomic mass is 16.2. The average Bonchev–Trinajstić information content (AvgIpc) is 3.28. The van der Waals surface area contributed by atoms with Gasteiger partial charge in [0.15, 0.2) is 0 Å². The van der Waals surface area contributed by atoms with Crippen LogP contribution in [-0.2, 0) is 13.0 Å². The first kappa shape index (κ1) is 22.0. The van der Waals surface area contributed by atoms with Gasteiger partial charge in [-0.3, -0.25) is 9.59 Å². The molecule has 0 aliphatic rings. The average molecular weight is 439 g/mol. The molecule has 0 saturated heterocycles. The standard InChI is InChI=1S/C27H26N4O2/c1-3-19-11-13-21(14-12-19)25-23(17-31(30-25)24-10-5-4-7-18(24)2)27(33)29-16-20-8-6-9-22(15-20)26(28)32/h4-15,17H,3,16H2,1-2H3,(H2,28,32)(H,29,33). The highest BCUT2D eigenvalue weighted by Crippen LogP contribution is 2.25. The lowest BCUT2D eigenvalue weighted by atomic mass is 10.0. The molecule has 0 radical (unpaired) electrons. The van der Waals surface area contributed by atoms with Gasteiger partial charge < -0.3 is 11.1 Å². The number of para-hydroxylation sites is 1. The van der Waals surface area contributed by atoms with E-state index in [1.165, 1.54) is 5.56 Å². The molecule has 0 spiro atoms. The van der Waals surface area contributed by atoms with E-state index in [4.69, 9.17) is 10.8 Å². The molecule has 1 heterocycles. The van der Waals surface area contributed by atoms with Crippen molar-refractivity contribution in [3.8, 4) is 16.9 Å². The lowest BCUT2D eigenvalue weighted by Gasteiger charge is -2.07. The molecule has 166 valence electrons. The fourth-order valence-electron chi connectivity index (χ4n) is 3.71. The van der Waals surface area contributed by atoms with Crippen LogP contribution in [0.4, 0.5) is 0 Å². The first-order chi connectivity index (χ1) is 16.0. The third-order valence-electron chi connectivity index (χ3n) is 5.62. The maximum Gasteiger partial charge on any atom is 0.255 e. The zero-order valence-corrected chi connectivity index (χ0v) is 18.7. The molecule has 2 amide bonds. The molecule has 0 fully saturated rings. The largest absolute Gasteiger partial charge is 0.366 e. The molecular formula is C27H26N4O2. The molecule has 0 unspecified atom stereocenters. The SMILES string of the molecule is CCc1ccc(-c2nn(-c3ccccc3C)cc2C(=O)NCc2cccc(C(N)=O)c2)cc1. The van der Waals surface area contributed by atoms with Gasteiger partial charge in [0.25, 0.3) is 5.91 Å². The lowest BCUT2D eigenvalue weighted by molar-refractivity contribution is 0.0951. The van der Waals surface area contributed by atoms with E-state index in [1.54, 1.807) is 29.1 Å². The van der Waals surface area contributed by atoms with Crippen LogP contribution in [0.25, 0.3) is 16.9 Å². The molecule has 0 aliphatic heterocycles. The highest BCUT2D eigenvalue weighted by molar-refractivity contribution is 6.00. The number of aromatic nitrogens is 2. The van der Waals surface area contributed by atoms with E-state index in [0.29, 0.717) is 16.8 Å². The van der Waals surface area contributed by atoms with Crippen molar-refractivity contribution < 1.29 is 9.59 Å². The molecule has 3 N–H and O–H groups in total. The molecule has 3 aromatic carbocycles. The van der Waals surface area contributed by atoms with Gasteiger partial charge in [-0.25, -0.2) is 4.68 Å². The van der Waals surface area contributed by atoms with Crippen LogP contribution in [0.15, 0.2) is 79.0 Å². The monoisotopic (exact) mass is 438 g/mol. The number of carbonyl (C=O) groups is 2. The minimum Gasteiger partial charge on any atom is -0.366 e. The molecule has 0 atom stereocenters. The van der Waals surface area contributed by atoms with E-state index >= 15 is 0 Å². The van der Waals surface area contributed by atoms with Gasteiger partial charge in [-0.15, -0.1) is 0 Å². The van der Waals surface area contributed by atoms with Gasteiger partial charge in [0, 0.05) is 23.9 Å². The molecule has 4 rings (SSSR count). The van der Waals surface area contributed by atoms with Gasteiger partial charge in [0.05, 0.1) is 11.3 Å². The number of nitrogens with two attached hydrogens (primary N) is 1. The van der Waals surface area contributed by atoms with Crippen LogP contribution in [0, 0.1) is 6.92 Å². The predicted molar refractivity (Wildman–Crippen MR) is 129 cm³/mol. The van der Waals surface area contributed by atoms with Gasteiger partial charge in [0.1, 0.15) is 5.69 Å². The summed E-state index contributed by atoms with van der Waals surface area (Å²) in [5.74, 6) is -0.741. The van der Waals surface area contributed by atoms with Crippen LogP contribution in [0.5, 0.6) is 0 Å². The van der Waals surface area contributed by atoms with Crippen molar-refractivity contribution in [2.24, 2.45) is 5.73 Å². The number of rotatable bonds is 7. The van der Waals surface area contributed by atoms with E-state index in [0.717, 1.165) is 28.8 Å². The normalized spacial score (nSPS) is 10.7. The highest BCUT2D eigenvalue weighted by Gasteiger charge is 2.19. The van der Waals surface area contributed by atoms with Crippen molar-refractivity contribution >= 4 is 11.8 Å². The summed E-state index contributed by atoms with van der Waals surface area (Å²) in [4.78, 5) is 24.7. The van der Waals surface area contributed by atoms with Crippen molar-refractivity contribution in [1.82, 2.24) is 15.1 Å². The number of primary amides is 1. The second-order valence-corrected chi connectivity index (χ2v) is 7.92. The molecule has 0 saturated carbocycles. The summed E-state index contributed by atoms with van der Waals surface area (Å²) >= 11 is 0. The number of benzene rings is 3. The fraction of sp³-hybridized carbons (Fsp3) is 0.148. The predicted octanol–water partition coefficient (Wildman–Crippen LogP) is 4.44. The fourth-order valence-corrected chi connectivity index (χ4v) is 3.71. The summed E-state index contributed by atoms with van der Waals surface area (Å²) in [6, 6.07) is 22.9. The first-order valence-corrected chi connectivity index (χ1v) is 10.9. The van der Waals surface area contributed by atoms with E-state index in [1.807, 2.05) is 49.4 Å². The van der Waals surface area contributed by atoms with E-state index in [-0.39, 0.29) is 12.5 Å². The van der Waals surface area contributed by atoms with Crippen LogP contribution in [0.1, 0.15) is 44.3 Å². The summed E-state index contributed by atoms with van der Waals surface area (Å²) in [6.07, 6.45) is 2.70. The Hall–Kier alpha value is -4.19. The third-order valence-corrected chi connectivity index (χ3v) is 5.62. The molecule has 0 bridgehead atoms. The van der Waals surface area contributed by atoms with E-state index < -0.39 is 5.91 Å². The number of hydrogen-bond acceptors (Lipinski definition) is 3. The van der Waals surface area contributed by atoms with Crippen LogP contribution in [-0.4, -0.2) is 21.6 Å². The molecule has 6 nitrogen and oxygen atoms in total. The number of nitrogens with one attached hydrogen (secondary N) is 1. The van der Waals surface area contributed by atoms with Crippen molar-refractivity contribution in [2.45, 2.75) is 26.8 Å². The Balaban J connectivity index is 1.67. The number of amides is 2. The molecular weight excluding hydrogens is 412 g/mol. The van der Waals surface area contributed by atoms with Crippen LogP contribution >= 0.6 is 0 Å². The Kier molecular flexibility index (Phi) is 6.36. The topological polar surface area (TPSA) is 90.0 Å². The molecule has 33 heavy (non-hydrogen) atoms. The number of carbonyl (C=O) groups excluding carboxylic acids is 2. The quantitative estimate of drug-likeness (QED) is 0.447. The lowest BCUT2D eigenvalue weighted by Crippen LogP contribution is -2.23. The van der Waals surface area contributed by atoms with Crippen LogP contribution in [0.3, 0.4) is 0 Å². The molecule has 1 aromatic heterocycles. The maximum absolute atomic E-state index is 13.2. The Bertz CT molecular complexity index is 1310. The van der Waals surface area contributed by atoms with Crippen LogP contribution < -0.4 is 11.1 Å². The van der Waals surface area contributed by atoms with E-state index in [2.05, 4.69) is 24.4 Å². The first-order valence-electron chi connectivity index (χ1n) is 10.9. The summed E-state index contributed by atoms with van der Waals surface area (Å²) in [7, 11) is 0. The smallest absolute Gasteiger partial charge is 0.255 e. The Labute approximate surface area is 193 Å². The zero-order valence-electron chi connectivity index (χ0n) is 18.7. The van der Waals surface area contributed by atoms with Crippen molar-refractivity contribution in [1.29, 1.82) is 0 Å². The Morgan fingerprint density at radius 1 is 0.970 bits per heavy atom. The minimum absolute atomic E-state index is 0.242. The second kappa shape index (κ2) is 9.53. The zero-order chi connectivity index (χ0) is 23.4. The number of hydrogen-bond donors (Lipinski definition) is 2. The van der Waals surface area contributed by atoms with Gasteiger partial charge in [-0.05, 0) is 48.2 Å². The van der Waals surface area contributed by atoms with Gasteiger partial charge in [0.2, 0.25) is 5.91 Å². The summed E-state index contributed by atoms with van der Waals surface area (Å²) in [5, 5.41) is 7.72. The summed E-state index contributed by atoms with van der Waals surface area (Å²) in [6.45, 7) is 4.38. The number of nitrogens with zero attached hydrogens (tertiary/aromatic N) is 2. The molecule has 6 heteroatoms. The maximum atomic E-state index is 13.2. The van der Waals surface area contributed by atoms with Gasteiger partial charge in [-0.1, -0.05) is 61.5 Å². The van der Waals surface area contributed by atoms with E-state index in [9.17, 15) is 9.59 Å². The second-order valence-electron chi connectivity index (χ2n) is 7.92. The summed E-state index contributed by atoms with van der Waals surface area (Å²) < 4.78 is 1.75. The van der Waals surface area contributed by atoms with Gasteiger partial charge >= 0.3 is 0 Å². The van der Waals surface area contributed by atoms with Crippen molar-refractivity contribution in [3.63, 3.8) is 0 Å².